The van der Waals surface area contributed by atoms with Gasteiger partial charge in [0.05, 0.1) is 18.9 Å². The quantitative estimate of drug-likeness (QED) is 0.495. The number of nitrogens with zero attached hydrogens (tertiary/aromatic N) is 4. The molecule has 158 valence electrons. The number of fused-ring (bicyclic) bond motifs is 1. The molecule has 5 rings (SSSR count). The summed E-state index contributed by atoms with van der Waals surface area (Å²) in [7, 11) is 1.66. The Hall–Kier alpha value is -3.61. The maximum absolute atomic E-state index is 12.9. The Labute approximate surface area is 180 Å². The molecule has 4 heterocycles. The van der Waals surface area contributed by atoms with Crippen LogP contribution in [0.5, 0.6) is 5.75 Å². The average Bonchev–Trinajstić information content (AvgIpc) is 3.44. The van der Waals surface area contributed by atoms with E-state index in [9.17, 15) is 4.79 Å². The van der Waals surface area contributed by atoms with Crippen molar-refractivity contribution >= 4 is 11.6 Å². The molecule has 0 radical (unpaired) electrons. The number of rotatable bonds is 4. The van der Waals surface area contributed by atoms with Gasteiger partial charge in [-0.25, -0.2) is 9.50 Å². The van der Waals surface area contributed by atoms with Crippen molar-refractivity contribution in [3.05, 3.63) is 72.1 Å². The summed E-state index contributed by atoms with van der Waals surface area (Å²) in [5, 5.41) is 4.76. The first-order valence-corrected chi connectivity index (χ1v) is 10.5. The average molecular weight is 416 g/mol. The van der Waals surface area contributed by atoms with Crippen LogP contribution >= 0.6 is 0 Å². The zero-order valence-corrected chi connectivity index (χ0v) is 17.6. The number of benzene rings is 1. The van der Waals surface area contributed by atoms with E-state index in [4.69, 9.17) is 19.2 Å². The van der Waals surface area contributed by atoms with Gasteiger partial charge in [-0.2, -0.15) is 5.10 Å². The number of carbonyl (C=O) groups is 1. The molecule has 1 saturated heterocycles. The highest BCUT2D eigenvalue weighted by molar-refractivity contribution is 5.95. The highest BCUT2D eigenvalue weighted by Crippen LogP contribution is 2.28. The third kappa shape index (κ3) is 3.67. The molecule has 0 unspecified atom stereocenters. The monoisotopic (exact) mass is 416 g/mol. The molecule has 31 heavy (non-hydrogen) atoms. The van der Waals surface area contributed by atoms with E-state index in [0.717, 1.165) is 47.7 Å². The first kappa shape index (κ1) is 19.4. The van der Waals surface area contributed by atoms with Gasteiger partial charge >= 0.3 is 0 Å². The summed E-state index contributed by atoms with van der Waals surface area (Å²) in [4.78, 5) is 19.5. The van der Waals surface area contributed by atoms with E-state index in [2.05, 4.69) is 0 Å². The fourth-order valence-electron chi connectivity index (χ4n) is 4.20. The van der Waals surface area contributed by atoms with Gasteiger partial charge in [0.15, 0.2) is 11.5 Å². The highest BCUT2D eigenvalue weighted by Gasteiger charge is 2.29. The van der Waals surface area contributed by atoms with E-state index in [-0.39, 0.29) is 11.8 Å². The molecule has 1 aliphatic rings. The Morgan fingerprint density at radius 1 is 1.19 bits per heavy atom. The van der Waals surface area contributed by atoms with Gasteiger partial charge < -0.3 is 14.1 Å². The maximum Gasteiger partial charge on any atom is 0.257 e. The number of amides is 1. The smallest absolute Gasteiger partial charge is 0.257 e. The minimum atomic E-state index is 0.0139. The number of aromatic nitrogens is 3. The lowest BCUT2D eigenvalue weighted by Gasteiger charge is -2.31. The van der Waals surface area contributed by atoms with Crippen LogP contribution in [0.3, 0.4) is 0 Å². The van der Waals surface area contributed by atoms with Gasteiger partial charge in [0.1, 0.15) is 11.5 Å². The van der Waals surface area contributed by atoms with Crippen molar-refractivity contribution in [3.8, 4) is 16.9 Å². The van der Waals surface area contributed by atoms with Crippen LogP contribution in [0.2, 0.25) is 0 Å². The Kier molecular flexibility index (Phi) is 4.94. The van der Waals surface area contributed by atoms with Crippen molar-refractivity contribution in [1.29, 1.82) is 0 Å². The lowest BCUT2D eigenvalue weighted by Crippen LogP contribution is -2.39. The van der Waals surface area contributed by atoms with Crippen molar-refractivity contribution in [3.63, 3.8) is 0 Å². The molecular weight excluding hydrogens is 392 g/mol. The summed E-state index contributed by atoms with van der Waals surface area (Å²) < 4.78 is 12.5. The number of methoxy groups -OCH3 is 1. The number of carbonyl (C=O) groups excluding carboxylic acids is 1. The lowest BCUT2D eigenvalue weighted by atomic mass is 9.97. The molecule has 0 saturated carbocycles. The molecule has 1 amide bonds. The predicted octanol–water partition coefficient (Wildman–Crippen LogP) is 4.33. The Morgan fingerprint density at radius 2 is 2.10 bits per heavy atom. The largest absolute Gasteiger partial charge is 0.497 e. The number of hydrogen-bond acceptors (Lipinski definition) is 5. The minimum Gasteiger partial charge on any atom is -0.497 e. The van der Waals surface area contributed by atoms with Gasteiger partial charge in [-0.15, -0.1) is 0 Å². The van der Waals surface area contributed by atoms with E-state index in [1.54, 1.807) is 19.4 Å². The fraction of sp³-hybridized carbons (Fsp3) is 0.292. The predicted molar refractivity (Wildman–Crippen MR) is 116 cm³/mol. The van der Waals surface area contributed by atoms with Crippen molar-refractivity contribution in [2.24, 2.45) is 0 Å². The first-order chi connectivity index (χ1) is 15.1. The van der Waals surface area contributed by atoms with E-state index in [1.165, 1.54) is 0 Å². The number of furan rings is 1. The second-order valence-electron chi connectivity index (χ2n) is 7.90. The molecular formula is C24H24N4O3. The molecule has 1 aromatic carbocycles. The van der Waals surface area contributed by atoms with Gasteiger partial charge in [-0.3, -0.25) is 4.79 Å². The van der Waals surface area contributed by atoms with Crippen molar-refractivity contribution in [1.82, 2.24) is 19.5 Å². The maximum atomic E-state index is 12.9. The van der Waals surface area contributed by atoms with E-state index in [0.29, 0.717) is 17.9 Å². The topological polar surface area (TPSA) is 72.9 Å². The lowest BCUT2D eigenvalue weighted by molar-refractivity contribution is 0.0703. The summed E-state index contributed by atoms with van der Waals surface area (Å²) in [5.41, 5.74) is 3.53. The Balaban J connectivity index is 1.40. The van der Waals surface area contributed by atoms with Crippen LogP contribution in [0.4, 0.5) is 0 Å². The molecule has 7 nitrogen and oxygen atoms in total. The van der Waals surface area contributed by atoms with Crippen molar-refractivity contribution < 1.29 is 13.9 Å². The summed E-state index contributed by atoms with van der Waals surface area (Å²) in [5.74, 6) is 2.38. The van der Waals surface area contributed by atoms with Crippen molar-refractivity contribution in [2.45, 2.75) is 25.7 Å². The summed E-state index contributed by atoms with van der Waals surface area (Å²) >= 11 is 0. The van der Waals surface area contributed by atoms with Crippen LogP contribution < -0.4 is 4.74 Å². The van der Waals surface area contributed by atoms with Crippen LogP contribution in [-0.2, 0) is 0 Å². The van der Waals surface area contributed by atoms with Crippen molar-refractivity contribution in [2.75, 3.05) is 20.2 Å². The van der Waals surface area contributed by atoms with E-state index in [1.807, 2.05) is 58.9 Å². The summed E-state index contributed by atoms with van der Waals surface area (Å²) in [6.45, 7) is 3.18. The first-order valence-electron chi connectivity index (χ1n) is 10.5. The molecule has 4 aromatic rings. The van der Waals surface area contributed by atoms with Crippen LogP contribution in [0.1, 0.15) is 40.7 Å². The highest BCUT2D eigenvalue weighted by atomic mass is 16.5. The van der Waals surface area contributed by atoms with Gasteiger partial charge in [0.2, 0.25) is 0 Å². The molecule has 7 heteroatoms. The Morgan fingerprint density at radius 3 is 2.90 bits per heavy atom. The molecule has 0 spiro atoms. The van der Waals surface area contributed by atoms with Crippen LogP contribution in [0, 0.1) is 6.92 Å². The van der Waals surface area contributed by atoms with Gasteiger partial charge in [-0.1, -0.05) is 12.1 Å². The Bertz CT molecular complexity index is 1240. The van der Waals surface area contributed by atoms with E-state index < -0.39 is 0 Å². The molecule has 0 aliphatic carbocycles. The number of pyridine rings is 1. The third-order valence-corrected chi connectivity index (χ3v) is 5.91. The van der Waals surface area contributed by atoms with Gasteiger partial charge in [0.25, 0.3) is 5.91 Å². The van der Waals surface area contributed by atoms with Crippen LogP contribution in [0.25, 0.3) is 16.8 Å². The molecule has 0 bridgehead atoms. The number of aryl methyl sites for hydroxylation is 1. The standard InChI is InChI=1S/C24H24N4O3/c1-16-21(10-12-31-16)24(29)27-11-4-6-19(14-27)23-25-22-9-8-18(15-28(22)26-23)17-5-3-7-20(13-17)30-2/h3,5,7-10,12-13,15,19H,4,6,11,14H2,1-2H3/t19-/m1/s1. The molecule has 1 fully saturated rings. The normalized spacial score (nSPS) is 16.6. The van der Waals surface area contributed by atoms with Crippen LogP contribution in [0.15, 0.2) is 59.3 Å². The van der Waals surface area contributed by atoms with Gasteiger partial charge in [-0.05, 0) is 55.7 Å². The zero-order chi connectivity index (χ0) is 21.4. The number of piperidine rings is 1. The number of hydrogen-bond donors (Lipinski definition) is 0. The van der Waals surface area contributed by atoms with Crippen LogP contribution in [-0.4, -0.2) is 45.6 Å². The van der Waals surface area contributed by atoms with E-state index >= 15 is 0 Å². The second-order valence-corrected chi connectivity index (χ2v) is 7.90. The van der Waals surface area contributed by atoms with Gasteiger partial charge in [0, 0.05) is 30.8 Å². The second kappa shape index (κ2) is 7.91. The minimum absolute atomic E-state index is 0.0139. The third-order valence-electron chi connectivity index (χ3n) is 5.91. The number of likely N-dealkylation sites (tertiary alicyclic amines) is 1. The summed E-state index contributed by atoms with van der Waals surface area (Å²) in [6, 6.07) is 13.7. The molecule has 1 aliphatic heterocycles. The molecule has 1 atom stereocenters. The fourth-order valence-corrected chi connectivity index (χ4v) is 4.20. The molecule has 3 aromatic heterocycles. The summed E-state index contributed by atoms with van der Waals surface area (Å²) in [6.07, 6.45) is 5.44. The zero-order valence-electron chi connectivity index (χ0n) is 17.6. The molecule has 0 N–H and O–H groups in total. The number of ether oxygens (including phenoxy) is 1. The SMILES string of the molecule is COc1cccc(-c2ccc3nc([C@@H]4CCCN(C(=O)c5ccoc5C)C4)nn3c2)c1.